The summed E-state index contributed by atoms with van der Waals surface area (Å²) in [4.78, 5) is 16.6. The number of pyridine rings is 1. The van der Waals surface area contributed by atoms with Crippen LogP contribution in [0.5, 0.6) is 0 Å². The van der Waals surface area contributed by atoms with Gasteiger partial charge in [-0.25, -0.2) is 4.98 Å². The van der Waals surface area contributed by atoms with Crippen molar-refractivity contribution in [2.75, 3.05) is 5.32 Å². The lowest BCUT2D eigenvalue weighted by Gasteiger charge is -2.04. The van der Waals surface area contributed by atoms with Gasteiger partial charge in [0.2, 0.25) is 0 Å². The van der Waals surface area contributed by atoms with Crippen molar-refractivity contribution in [1.82, 2.24) is 14.6 Å². The van der Waals surface area contributed by atoms with E-state index in [1.165, 1.54) is 0 Å². The van der Waals surface area contributed by atoms with Gasteiger partial charge in [0.1, 0.15) is 10.7 Å². The molecular formula is C10H9BrN4OS. The Morgan fingerprint density at radius 2 is 2.12 bits per heavy atom. The smallest absolute Gasteiger partial charge is 0.270 e. The predicted octanol–water partition coefficient (Wildman–Crippen LogP) is 2.56. The number of hydrogen-bond donors (Lipinski definition) is 1. The van der Waals surface area contributed by atoms with Crippen molar-refractivity contribution in [2.45, 2.75) is 13.8 Å². The largest absolute Gasteiger partial charge is 0.306 e. The quantitative estimate of drug-likeness (QED) is 0.925. The van der Waals surface area contributed by atoms with Crippen LogP contribution in [0, 0.1) is 13.8 Å². The minimum Gasteiger partial charge on any atom is -0.306 e. The van der Waals surface area contributed by atoms with E-state index in [1.54, 1.807) is 13.0 Å². The van der Waals surface area contributed by atoms with Crippen LogP contribution >= 0.6 is 27.5 Å². The van der Waals surface area contributed by atoms with E-state index < -0.39 is 0 Å². The van der Waals surface area contributed by atoms with Crippen molar-refractivity contribution in [3.63, 3.8) is 0 Å². The molecule has 2 heterocycles. The van der Waals surface area contributed by atoms with Gasteiger partial charge in [0.15, 0.2) is 0 Å². The first-order chi connectivity index (χ1) is 8.08. The molecule has 0 aliphatic heterocycles. The number of carbonyl (C=O) groups excluding carboxylic acids is 1. The molecule has 1 amide bonds. The van der Waals surface area contributed by atoms with Gasteiger partial charge in [-0.2, -0.15) is 0 Å². The van der Waals surface area contributed by atoms with Gasteiger partial charge in [-0.1, -0.05) is 4.49 Å². The lowest BCUT2D eigenvalue weighted by atomic mass is 10.3. The number of nitrogens with zero attached hydrogens (tertiary/aromatic N) is 3. The molecule has 0 aliphatic carbocycles. The van der Waals surface area contributed by atoms with E-state index >= 15 is 0 Å². The molecule has 0 saturated carbocycles. The number of carbonyl (C=O) groups is 1. The third-order valence-corrected chi connectivity index (χ3v) is 3.79. The summed E-state index contributed by atoms with van der Waals surface area (Å²) in [7, 11) is 0. The third kappa shape index (κ3) is 2.67. The Kier molecular flexibility index (Phi) is 3.49. The van der Waals surface area contributed by atoms with Gasteiger partial charge in [0.25, 0.3) is 5.91 Å². The van der Waals surface area contributed by atoms with Crippen molar-refractivity contribution in [1.29, 1.82) is 0 Å². The van der Waals surface area contributed by atoms with Crippen molar-refractivity contribution < 1.29 is 4.79 Å². The Labute approximate surface area is 111 Å². The first kappa shape index (κ1) is 12.1. The van der Waals surface area contributed by atoms with Crippen LogP contribution in [0.4, 0.5) is 5.82 Å². The van der Waals surface area contributed by atoms with E-state index in [0.717, 1.165) is 21.7 Å². The molecule has 0 spiro atoms. The summed E-state index contributed by atoms with van der Waals surface area (Å²) in [6.07, 6.45) is 0. The second-order valence-electron chi connectivity index (χ2n) is 3.41. The van der Waals surface area contributed by atoms with Gasteiger partial charge < -0.3 is 5.32 Å². The average molecular weight is 313 g/mol. The standard InChI is InChI=1S/C10H9BrN4OS/c1-5-7(11)3-4-8(12-5)13-10(16)9-6(2)14-15-17-9/h3-4H,1-2H3,(H,12,13,16). The molecule has 0 bridgehead atoms. The third-order valence-electron chi connectivity index (χ3n) is 2.12. The maximum Gasteiger partial charge on any atom is 0.270 e. The van der Waals surface area contributed by atoms with Crippen molar-refractivity contribution >= 4 is 39.2 Å². The highest BCUT2D eigenvalue weighted by atomic mass is 79.9. The highest BCUT2D eigenvalue weighted by Crippen LogP contribution is 2.17. The number of amides is 1. The molecule has 0 fully saturated rings. The van der Waals surface area contributed by atoms with Gasteiger partial charge in [0, 0.05) is 4.47 Å². The molecule has 2 aromatic rings. The Balaban J connectivity index is 2.19. The number of rotatable bonds is 2. The van der Waals surface area contributed by atoms with Gasteiger partial charge in [-0.3, -0.25) is 4.79 Å². The fourth-order valence-electron chi connectivity index (χ4n) is 1.23. The van der Waals surface area contributed by atoms with Crippen LogP contribution in [-0.2, 0) is 0 Å². The van der Waals surface area contributed by atoms with Crippen molar-refractivity contribution in [3.8, 4) is 0 Å². The van der Waals surface area contributed by atoms with Crippen LogP contribution in [0.25, 0.3) is 0 Å². The highest BCUT2D eigenvalue weighted by molar-refractivity contribution is 9.10. The maximum absolute atomic E-state index is 11.9. The summed E-state index contributed by atoms with van der Waals surface area (Å²) in [5.74, 6) is 0.287. The number of aryl methyl sites for hydroxylation is 2. The molecule has 0 aromatic carbocycles. The van der Waals surface area contributed by atoms with Crippen molar-refractivity contribution in [2.24, 2.45) is 0 Å². The number of anilines is 1. The molecule has 0 saturated heterocycles. The lowest BCUT2D eigenvalue weighted by molar-refractivity contribution is 0.102. The molecule has 2 rings (SSSR count). The fourth-order valence-corrected chi connectivity index (χ4v) is 2.00. The second-order valence-corrected chi connectivity index (χ2v) is 5.01. The summed E-state index contributed by atoms with van der Waals surface area (Å²) >= 11 is 4.43. The summed E-state index contributed by atoms with van der Waals surface area (Å²) in [5.41, 5.74) is 1.45. The van der Waals surface area contributed by atoms with Crippen molar-refractivity contribution in [3.05, 3.63) is 32.9 Å². The van der Waals surface area contributed by atoms with E-state index in [-0.39, 0.29) is 5.91 Å². The van der Waals surface area contributed by atoms with Crippen LogP contribution in [0.1, 0.15) is 21.1 Å². The number of hydrogen-bond acceptors (Lipinski definition) is 5. The lowest BCUT2D eigenvalue weighted by Crippen LogP contribution is -2.13. The van der Waals surface area contributed by atoms with Gasteiger partial charge in [-0.15, -0.1) is 5.10 Å². The van der Waals surface area contributed by atoms with E-state index in [2.05, 4.69) is 35.8 Å². The summed E-state index contributed by atoms with van der Waals surface area (Å²) in [5, 5.41) is 6.50. The first-order valence-corrected chi connectivity index (χ1v) is 6.38. The topological polar surface area (TPSA) is 67.8 Å². The van der Waals surface area contributed by atoms with Crippen LogP contribution in [0.2, 0.25) is 0 Å². The summed E-state index contributed by atoms with van der Waals surface area (Å²) in [6.45, 7) is 3.61. The molecule has 7 heteroatoms. The van der Waals surface area contributed by atoms with E-state index in [9.17, 15) is 4.79 Å². The van der Waals surface area contributed by atoms with E-state index in [1.807, 2.05) is 13.0 Å². The van der Waals surface area contributed by atoms with Gasteiger partial charge in [0.05, 0.1) is 11.4 Å². The van der Waals surface area contributed by atoms with Crippen LogP contribution in [0.3, 0.4) is 0 Å². The molecule has 5 nitrogen and oxygen atoms in total. The molecule has 0 atom stereocenters. The molecule has 0 unspecified atom stereocenters. The van der Waals surface area contributed by atoms with Crippen LogP contribution < -0.4 is 5.32 Å². The van der Waals surface area contributed by atoms with Gasteiger partial charge >= 0.3 is 0 Å². The minimum absolute atomic E-state index is 0.230. The fraction of sp³-hybridized carbons (Fsp3) is 0.200. The molecule has 0 aliphatic rings. The zero-order valence-electron chi connectivity index (χ0n) is 9.19. The van der Waals surface area contributed by atoms with E-state index in [4.69, 9.17) is 0 Å². The predicted molar refractivity (Wildman–Crippen MR) is 69.3 cm³/mol. The summed E-state index contributed by atoms with van der Waals surface area (Å²) in [6, 6.07) is 3.58. The van der Waals surface area contributed by atoms with E-state index in [0.29, 0.717) is 16.4 Å². The monoisotopic (exact) mass is 312 g/mol. The Morgan fingerprint density at radius 3 is 2.71 bits per heavy atom. The number of halogens is 1. The molecule has 1 N–H and O–H groups in total. The highest BCUT2D eigenvalue weighted by Gasteiger charge is 2.13. The first-order valence-electron chi connectivity index (χ1n) is 4.81. The zero-order chi connectivity index (χ0) is 12.4. The molecule has 2 aromatic heterocycles. The maximum atomic E-state index is 11.9. The Hall–Kier alpha value is -1.34. The Morgan fingerprint density at radius 1 is 1.35 bits per heavy atom. The molecule has 17 heavy (non-hydrogen) atoms. The minimum atomic E-state index is -0.230. The second kappa shape index (κ2) is 4.89. The molecule has 88 valence electrons. The van der Waals surface area contributed by atoms with Gasteiger partial charge in [-0.05, 0) is 53.4 Å². The zero-order valence-corrected chi connectivity index (χ0v) is 11.6. The SMILES string of the molecule is Cc1nc(NC(=O)c2snnc2C)ccc1Br. The molecule has 0 radical (unpaired) electrons. The van der Waals surface area contributed by atoms with Crippen LogP contribution in [-0.4, -0.2) is 20.5 Å². The normalized spacial score (nSPS) is 10.3. The van der Waals surface area contributed by atoms with Crippen LogP contribution in [0.15, 0.2) is 16.6 Å². The molecular weight excluding hydrogens is 304 g/mol. The number of aromatic nitrogens is 3. The number of nitrogens with one attached hydrogen (secondary N) is 1. The Bertz CT molecular complexity index is 569. The average Bonchev–Trinajstić information content (AvgIpc) is 2.70. The summed E-state index contributed by atoms with van der Waals surface area (Å²) < 4.78 is 4.63.